The summed E-state index contributed by atoms with van der Waals surface area (Å²) in [6.45, 7) is 1.89. The van der Waals surface area contributed by atoms with Crippen molar-refractivity contribution in [2.75, 3.05) is 0 Å². The molecule has 0 amide bonds. The first-order chi connectivity index (χ1) is 6.77. The molecular weight excluding hydrogens is 196 g/mol. The average Bonchev–Trinajstić information content (AvgIpc) is 2.71. The summed E-state index contributed by atoms with van der Waals surface area (Å²) in [5.41, 5.74) is 3.17. The Morgan fingerprint density at radius 3 is 2.79 bits per heavy atom. The van der Waals surface area contributed by atoms with Gasteiger partial charge in [-0.25, -0.2) is 0 Å². The SMILES string of the molecule is Cc1ccc(C(=O)c2cncs2)cn1. The molecule has 0 aromatic carbocycles. The van der Waals surface area contributed by atoms with E-state index in [1.807, 2.05) is 13.0 Å². The maximum Gasteiger partial charge on any atom is 0.206 e. The first-order valence-corrected chi connectivity index (χ1v) is 5.01. The van der Waals surface area contributed by atoms with Crippen molar-refractivity contribution in [1.82, 2.24) is 9.97 Å². The van der Waals surface area contributed by atoms with Crippen LogP contribution in [0.5, 0.6) is 0 Å². The summed E-state index contributed by atoms with van der Waals surface area (Å²) in [7, 11) is 0. The van der Waals surface area contributed by atoms with Gasteiger partial charge >= 0.3 is 0 Å². The largest absolute Gasteiger partial charge is 0.288 e. The first-order valence-electron chi connectivity index (χ1n) is 4.13. The molecule has 0 atom stereocenters. The molecule has 2 aromatic rings. The predicted molar refractivity (Wildman–Crippen MR) is 54.5 cm³/mol. The third kappa shape index (κ3) is 1.70. The summed E-state index contributed by atoms with van der Waals surface area (Å²) >= 11 is 1.34. The van der Waals surface area contributed by atoms with E-state index in [2.05, 4.69) is 9.97 Å². The highest BCUT2D eigenvalue weighted by atomic mass is 32.1. The number of rotatable bonds is 2. The fourth-order valence-corrected chi connectivity index (χ4v) is 1.65. The van der Waals surface area contributed by atoms with Crippen LogP contribution in [0.2, 0.25) is 0 Å². The van der Waals surface area contributed by atoms with E-state index in [1.165, 1.54) is 11.3 Å². The lowest BCUT2D eigenvalue weighted by atomic mass is 10.1. The van der Waals surface area contributed by atoms with E-state index in [-0.39, 0.29) is 5.78 Å². The third-order valence-corrected chi connectivity index (χ3v) is 2.60. The number of carbonyl (C=O) groups excluding carboxylic acids is 1. The Labute approximate surface area is 85.5 Å². The van der Waals surface area contributed by atoms with Crippen LogP contribution in [0, 0.1) is 6.92 Å². The lowest BCUT2D eigenvalue weighted by Crippen LogP contribution is -1.99. The van der Waals surface area contributed by atoms with Crippen molar-refractivity contribution in [3.8, 4) is 0 Å². The Balaban J connectivity index is 2.33. The highest BCUT2D eigenvalue weighted by molar-refractivity contribution is 7.11. The molecule has 0 spiro atoms. The summed E-state index contributed by atoms with van der Waals surface area (Å²) < 4.78 is 0. The zero-order valence-electron chi connectivity index (χ0n) is 7.60. The van der Waals surface area contributed by atoms with Crippen molar-refractivity contribution in [2.45, 2.75) is 6.92 Å². The molecule has 0 aliphatic heterocycles. The summed E-state index contributed by atoms with van der Waals surface area (Å²) in [5, 5.41) is 0. The molecule has 0 saturated carbocycles. The Hall–Kier alpha value is -1.55. The minimum atomic E-state index is -0.0139. The normalized spacial score (nSPS) is 10.1. The molecule has 2 aromatic heterocycles. The fraction of sp³-hybridized carbons (Fsp3) is 0.100. The van der Waals surface area contributed by atoms with Gasteiger partial charge in [-0.3, -0.25) is 14.8 Å². The van der Waals surface area contributed by atoms with Crippen LogP contribution in [-0.2, 0) is 0 Å². The van der Waals surface area contributed by atoms with Gasteiger partial charge in [0.2, 0.25) is 5.78 Å². The van der Waals surface area contributed by atoms with Crippen molar-refractivity contribution in [3.63, 3.8) is 0 Å². The molecular formula is C10H8N2OS. The second-order valence-corrected chi connectivity index (χ2v) is 3.77. The lowest BCUT2D eigenvalue weighted by molar-refractivity contribution is 0.104. The molecule has 14 heavy (non-hydrogen) atoms. The van der Waals surface area contributed by atoms with Gasteiger partial charge in [0, 0.05) is 23.7 Å². The van der Waals surface area contributed by atoms with Crippen LogP contribution >= 0.6 is 11.3 Å². The summed E-state index contributed by atoms with van der Waals surface area (Å²) in [5.74, 6) is -0.0139. The number of aromatic nitrogens is 2. The van der Waals surface area contributed by atoms with E-state index in [1.54, 1.807) is 24.0 Å². The van der Waals surface area contributed by atoms with Crippen LogP contribution < -0.4 is 0 Å². The van der Waals surface area contributed by atoms with Gasteiger partial charge in [-0.2, -0.15) is 0 Å². The molecule has 0 aliphatic rings. The van der Waals surface area contributed by atoms with Crippen LogP contribution in [0.3, 0.4) is 0 Å². The van der Waals surface area contributed by atoms with Crippen molar-refractivity contribution in [2.24, 2.45) is 0 Å². The van der Waals surface area contributed by atoms with Crippen LogP contribution in [0.25, 0.3) is 0 Å². The maximum atomic E-state index is 11.7. The highest BCUT2D eigenvalue weighted by Gasteiger charge is 2.10. The van der Waals surface area contributed by atoms with Gasteiger partial charge in [-0.15, -0.1) is 11.3 Å². The van der Waals surface area contributed by atoms with E-state index in [4.69, 9.17) is 0 Å². The quantitative estimate of drug-likeness (QED) is 0.703. The summed E-state index contributed by atoms with van der Waals surface area (Å²) in [6.07, 6.45) is 3.17. The van der Waals surface area contributed by atoms with Crippen LogP contribution in [0.4, 0.5) is 0 Å². The zero-order chi connectivity index (χ0) is 9.97. The second-order valence-electron chi connectivity index (χ2n) is 2.88. The van der Waals surface area contributed by atoms with Gasteiger partial charge in [0.15, 0.2) is 0 Å². The summed E-state index contributed by atoms with van der Waals surface area (Å²) in [6, 6.07) is 3.61. The summed E-state index contributed by atoms with van der Waals surface area (Å²) in [4.78, 5) is 20.3. The molecule has 0 aliphatic carbocycles. The van der Waals surface area contributed by atoms with Gasteiger partial charge in [0.1, 0.15) is 0 Å². The Kier molecular flexibility index (Phi) is 2.37. The number of aryl methyl sites for hydroxylation is 1. The van der Waals surface area contributed by atoms with E-state index in [9.17, 15) is 4.79 Å². The van der Waals surface area contributed by atoms with Gasteiger partial charge in [0.05, 0.1) is 10.4 Å². The third-order valence-electron chi connectivity index (χ3n) is 1.83. The van der Waals surface area contributed by atoms with E-state index in [0.29, 0.717) is 10.4 Å². The molecule has 0 radical (unpaired) electrons. The topological polar surface area (TPSA) is 42.9 Å². The van der Waals surface area contributed by atoms with Gasteiger partial charge < -0.3 is 0 Å². The number of carbonyl (C=O) groups is 1. The van der Waals surface area contributed by atoms with Crippen LogP contribution in [0.15, 0.2) is 30.0 Å². The number of pyridine rings is 1. The Morgan fingerprint density at radius 1 is 1.36 bits per heavy atom. The second kappa shape index (κ2) is 3.67. The number of hydrogen-bond acceptors (Lipinski definition) is 4. The molecule has 3 nitrogen and oxygen atoms in total. The minimum absolute atomic E-state index is 0.0139. The number of ketones is 1. The Bertz CT molecular complexity index is 434. The molecule has 2 heterocycles. The van der Waals surface area contributed by atoms with Crippen molar-refractivity contribution in [1.29, 1.82) is 0 Å². The van der Waals surface area contributed by atoms with Gasteiger partial charge in [0.25, 0.3) is 0 Å². The molecule has 0 bridgehead atoms. The van der Waals surface area contributed by atoms with Crippen molar-refractivity contribution in [3.05, 3.63) is 46.2 Å². The molecule has 0 saturated heterocycles. The smallest absolute Gasteiger partial charge is 0.206 e. The predicted octanol–water partition coefficient (Wildman–Crippen LogP) is 2.08. The van der Waals surface area contributed by atoms with Crippen molar-refractivity contribution < 1.29 is 4.79 Å². The zero-order valence-corrected chi connectivity index (χ0v) is 8.41. The monoisotopic (exact) mass is 204 g/mol. The highest BCUT2D eigenvalue weighted by Crippen LogP contribution is 2.12. The lowest BCUT2D eigenvalue weighted by Gasteiger charge is -1.96. The maximum absolute atomic E-state index is 11.7. The van der Waals surface area contributed by atoms with Gasteiger partial charge in [-0.1, -0.05) is 0 Å². The Morgan fingerprint density at radius 2 is 2.21 bits per heavy atom. The molecule has 0 N–H and O–H groups in total. The number of thiazole rings is 1. The van der Waals surface area contributed by atoms with Crippen LogP contribution in [0.1, 0.15) is 20.9 Å². The standard InChI is InChI=1S/C10H8N2OS/c1-7-2-3-8(4-12-7)10(13)9-5-11-6-14-9/h2-6H,1H3. The van der Waals surface area contributed by atoms with E-state index in [0.717, 1.165) is 5.69 Å². The minimum Gasteiger partial charge on any atom is -0.288 e. The molecule has 0 unspecified atom stereocenters. The average molecular weight is 204 g/mol. The molecule has 4 heteroatoms. The molecule has 0 fully saturated rings. The van der Waals surface area contributed by atoms with E-state index < -0.39 is 0 Å². The number of hydrogen-bond donors (Lipinski definition) is 0. The fourth-order valence-electron chi connectivity index (χ4n) is 1.07. The van der Waals surface area contributed by atoms with Crippen LogP contribution in [-0.4, -0.2) is 15.8 Å². The first kappa shape index (κ1) is 9.02. The van der Waals surface area contributed by atoms with Crippen molar-refractivity contribution >= 4 is 17.1 Å². The molecule has 70 valence electrons. The van der Waals surface area contributed by atoms with Gasteiger partial charge in [-0.05, 0) is 19.1 Å². The number of nitrogens with zero attached hydrogens (tertiary/aromatic N) is 2. The van der Waals surface area contributed by atoms with E-state index >= 15 is 0 Å². The molecule has 2 rings (SSSR count).